The Hall–Kier alpha value is -2.10. The fourth-order valence-corrected chi connectivity index (χ4v) is 2.83. The molecular formula is C17H17BrClF2N3O3. The summed E-state index contributed by atoms with van der Waals surface area (Å²) in [6.07, 6.45) is 0. The van der Waals surface area contributed by atoms with Crippen molar-refractivity contribution in [1.82, 2.24) is 0 Å². The van der Waals surface area contributed by atoms with Crippen molar-refractivity contribution >= 4 is 50.5 Å². The molecule has 27 heavy (non-hydrogen) atoms. The van der Waals surface area contributed by atoms with Crippen LogP contribution in [0.25, 0.3) is 0 Å². The van der Waals surface area contributed by atoms with E-state index in [0.717, 1.165) is 0 Å². The number of ether oxygens (including phenoxy) is 1. The van der Waals surface area contributed by atoms with E-state index in [1.54, 1.807) is 13.0 Å². The Morgan fingerprint density at radius 2 is 2.00 bits per heavy atom. The first-order valence-electron chi connectivity index (χ1n) is 7.72. The predicted molar refractivity (Wildman–Crippen MR) is 105 cm³/mol. The molecule has 1 amide bonds. The quantitative estimate of drug-likeness (QED) is 0.363. The van der Waals surface area contributed by atoms with Crippen molar-refractivity contribution in [3.63, 3.8) is 0 Å². The van der Waals surface area contributed by atoms with E-state index in [0.29, 0.717) is 21.5 Å². The molecule has 0 bridgehead atoms. The number of aliphatic hydroxyl groups excluding tert-OH is 1. The van der Waals surface area contributed by atoms with Crippen molar-refractivity contribution in [2.24, 2.45) is 0 Å². The minimum Gasteiger partial charge on any atom is -0.420 e. The van der Waals surface area contributed by atoms with E-state index in [1.165, 1.54) is 30.3 Å². The van der Waals surface area contributed by atoms with Crippen LogP contribution in [-0.2, 0) is 0 Å². The summed E-state index contributed by atoms with van der Waals surface area (Å²) < 4.78 is 29.9. The Balaban J connectivity index is 2.12. The third-order valence-corrected chi connectivity index (χ3v) is 4.10. The number of anilines is 3. The number of hydrogen-bond acceptors (Lipinski definition) is 5. The van der Waals surface area contributed by atoms with Gasteiger partial charge in [0, 0.05) is 33.4 Å². The molecule has 6 nitrogen and oxygen atoms in total. The first-order chi connectivity index (χ1) is 12.6. The SMILES string of the molecule is C[C@H](CO)Nc1c(N)cc(C(=O)Nc2ccc(OC(F)(F)Cl)cc2)cc1Br. The van der Waals surface area contributed by atoms with Crippen LogP contribution in [0.5, 0.6) is 5.75 Å². The summed E-state index contributed by atoms with van der Waals surface area (Å²) in [5.74, 6) is -0.589. The van der Waals surface area contributed by atoms with Crippen molar-refractivity contribution in [3.05, 3.63) is 46.4 Å². The number of alkyl halides is 3. The van der Waals surface area contributed by atoms with Crippen LogP contribution in [0, 0.1) is 0 Å². The van der Waals surface area contributed by atoms with Crippen LogP contribution in [-0.4, -0.2) is 29.2 Å². The Kier molecular flexibility index (Phi) is 6.85. The molecule has 146 valence electrons. The van der Waals surface area contributed by atoms with Crippen LogP contribution in [0.15, 0.2) is 40.9 Å². The smallest absolute Gasteiger partial charge is 0.420 e. The molecule has 2 rings (SSSR count). The predicted octanol–water partition coefficient (Wildman–Crippen LogP) is 4.24. The highest BCUT2D eigenvalue weighted by atomic mass is 79.9. The number of halogens is 4. The van der Waals surface area contributed by atoms with Gasteiger partial charge in [-0.1, -0.05) is 0 Å². The van der Waals surface area contributed by atoms with Crippen molar-refractivity contribution in [3.8, 4) is 5.75 Å². The minimum atomic E-state index is -3.81. The normalized spacial score (nSPS) is 12.4. The lowest BCUT2D eigenvalue weighted by Gasteiger charge is -2.17. The van der Waals surface area contributed by atoms with E-state index in [9.17, 15) is 13.6 Å². The molecule has 0 fully saturated rings. The van der Waals surface area contributed by atoms with Gasteiger partial charge in [0.05, 0.1) is 18.0 Å². The molecular weight excluding hydrogens is 448 g/mol. The maximum absolute atomic E-state index is 12.6. The lowest BCUT2D eigenvalue weighted by Crippen LogP contribution is -2.21. The summed E-state index contributed by atoms with van der Waals surface area (Å²) in [7, 11) is 0. The van der Waals surface area contributed by atoms with Crippen molar-refractivity contribution in [1.29, 1.82) is 0 Å². The van der Waals surface area contributed by atoms with Crippen molar-refractivity contribution in [2.45, 2.75) is 18.5 Å². The number of hydrogen-bond donors (Lipinski definition) is 4. The van der Waals surface area contributed by atoms with E-state index in [2.05, 4.69) is 31.3 Å². The van der Waals surface area contributed by atoms with Gasteiger partial charge in [-0.15, -0.1) is 8.78 Å². The summed E-state index contributed by atoms with van der Waals surface area (Å²) in [5, 5.41) is 14.8. The summed E-state index contributed by atoms with van der Waals surface area (Å²) >= 11 is 8.04. The molecule has 0 unspecified atom stereocenters. The number of benzene rings is 2. The number of aliphatic hydroxyl groups is 1. The monoisotopic (exact) mass is 463 g/mol. The van der Waals surface area contributed by atoms with Gasteiger partial charge in [-0.3, -0.25) is 4.79 Å². The molecule has 0 radical (unpaired) electrons. The van der Waals surface area contributed by atoms with Crippen LogP contribution in [0.1, 0.15) is 17.3 Å². The average Bonchev–Trinajstić information content (AvgIpc) is 2.58. The Labute approximate surface area is 167 Å². The summed E-state index contributed by atoms with van der Waals surface area (Å²) in [6.45, 7) is 1.70. The van der Waals surface area contributed by atoms with Crippen LogP contribution < -0.4 is 21.1 Å². The molecule has 0 aliphatic carbocycles. The molecule has 0 heterocycles. The van der Waals surface area contributed by atoms with E-state index in [4.69, 9.17) is 22.4 Å². The largest absolute Gasteiger partial charge is 0.487 e. The number of nitrogens with two attached hydrogens (primary N) is 1. The number of amides is 1. The molecule has 0 saturated heterocycles. The fourth-order valence-electron chi connectivity index (χ4n) is 2.15. The van der Waals surface area contributed by atoms with Crippen LogP contribution in [0.4, 0.5) is 25.8 Å². The molecule has 10 heteroatoms. The van der Waals surface area contributed by atoms with Crippen molar-refractivity contribution in [2.75, 3.05) is 23.0 Å². The minimum absolute atomic E-state index is 0.0799. The summed E-state index contributed by atoms with van der Waals surface area (Å²) in [4.78, 5) is 12.4. The van der Waals surface area contributed by atoms with E-state index < -0.39 is 11.5 Å². The molecule has 0 aliphatic rings. The highest BCUT2D eigenvalue weighted by Gasteiger charge is 2.27. The number of rotatable bonds is 7. The standard InChI is InChI=1S/C17H17BrClF2N3O3/c1-9(8-25)23-15-13(18)6-10(7-14(15)22)16(26)24-11-2-4-12(5-3-11)27-17(19,20)21/h2-7,9,23,25H,8,22H2,1H3,(H,24,26)/t9-/m1/s1. The third-order valence-electron chi connectivity index (χ3n) is 3.39. The van der Waals surface area contributed by atoms with Gasteiger partial charge in [-0.2, -0.15) is 0 Å². The number of nitrogen functional groups attached to an aromatic ring is 1. The Morgan fingerprint density at radius 1 is 1.37 bits per heavy atom. The zero-order chi connectivity index (χ0) is 20.2. The van der Waals surface area contributed by atoms with Crippen LogP contribution >= 0.6 is 27.5 Å². The molecule has 0 spiro atoms. The van der Waals surface area contributed by atoms with Gasteiger partial charge in [-0.05, 0) is 59.3 Å². The highest BCUT2D eigenvalue weighted by Crippen LogP contribution is 2.31. The molecule has 1 atom stereocenters. The van der Waals surface area contributed by atoms with Gasteiger partial charge in [0.15, 0.2) is 0 Å². The molecule has 2 aromatic carbocycles. The zero-order valence-corrected chi connectivity index (χ0v) is 16.4. The van der Waals surface area contributed by atoms with Gasteiger partial charge >= 0.3 is 5.57 Å². The van der Waals surface area contributed by atoms with Gasteiger partial charge in [0.2, 0.25) is 0 Å². The maximum Gasteiger partial charge on any atom is 0.487 e. The highest BCUT2D eigenvalue weighted by molar-refractivity contribution is 9.10. The van der Waals surface area contributed by atoms with E-state index >= 15 is 0 Å². The molecule has 0 saturated carbocycles. The van der Waals surface area contributed by atoms with E-state index in [-0.39, 0.29) is 24.0 Å². The molecule has 5 N–H and O–H groups in total. The van der Waals surface area contributed by atoms with Crippen molar-refractivity contribution < 1.29 is 23.4 Å². The van der Waals surface area contributed by atoms with Crippen LogP contribution in [0.2, 0.25) is 0 Å². The molecule has 0 aromatic heterocycles. The summed E-state index contributed by atoms with van der Waals surface area (Å²) in [5.41, 5.74) is 3.72. The average molecular weight is 465 g/mol. The number of carbonyl (C=O) groups is 1. The molecule has 2 aromatic rings. The van der Waals surface area contributed by atoms with Crippen LogP contribution in [0.3, 0.4) is 0 Å². The second kappa shape index (κ2) is 8.73. The summed E-state index contributed by atoms with van der Waals surface area (Å²) in [6, 6.07) is 8.13. The lowest BCUT2D eigenvalue weighted by molar-refractivity contribution is -0.0964. The second-order valence-corrected chi connectivity index (χ2v) is 6.97. The third kappa shape index (κ3) is 6.23. The van der Waals surface area contributed by atoms with Gasteiger partial charge in [0.25, 0.3) is 5.91 Å². The zero-order valence-electron chi connectivity index (χ0n) is 14.1. The van der Waals surface area contributed by atoms with Gasteiger partial charge in [-0.25, -0.2) is 0 Å². The Bertz CT molecular complexity index is 793. The first-order valence-corrected chi connectivity index (χ1v) is 8.89. The second-order valence-electron chi connectivity index (χ2n) is 5.68. The number of carbonyl (C=O) groups excluding carboxylic acids is 1. The van der Waals surface area contributed by atoms with Gasteiger partial charge in [0.1, 0.15) is 5.75 Å². The fraction of sp³-hybridized carbons (Fsp3) is 0.235. The molecule has 0 aliphatic heterocycles. The maximum atomic E-state index is 12.6. The first kappa shape index (κ1) is 21.2. The van der Waals surface area contributed by atoms with E-state index in [1.807, 2.05) is 0 Å². The number of nitrogens with one attached hydrogen (secondary N) is 2. The Morgan fingerprint density at radius 3 is 2.52 bits per heavy atom. The van der Waals surface area contributed by atoms with Gasteiger partial charge < -0.3 is 26.2 Å². The lowest BCUT2D eigenvalue weighted by atomic mass is 10.1. The topological polar surface area (TPSA) is 96.6 Å².